The molecule has 0 atom stereocenters. The van der Waals surface area contributed by atoms with Gasteiger partial charge in [-0.2, -0.15) is 5.10 Å². The second kappa shape index (κ2) is 6.28. The topological polar surface area (TPSA) is 85.7 Å². The third-order valence-corrected chi connectivity index (χ3v) is 2.85. The van der Waals surface area contributed by atoms with Crippen molar-refractivity contribution in [2.24, 2.45) is 16.3 Å². The number of aryl methyl sites for hydroxylation is 1. The molecule has 0 fully saturated rings. The fraction of sp³-hybridized carbons (Fsp3) is 0.667. The van der Waals surface area contributed by atoms with E-state index in [9.17, 15) is 0 Å². The average Bonchev–Trinajstić information content (AvgIpc) is 2.81. The van der Waals surface area contributed by atoms with Crippen molar-refractivity contribution in [3.8, 4) is 5.75 Å². The molecular weight excluding hydrogens is 232 g/mol. The summed E-state index contributed by atoms with van der Waals surface area (Å²) in [6.07, 6.45) is 5.27. The molecule has 0 unspecified atom stereocenters. The predicted molar refractivity (Wildman–Crippen MR) is 69.8 cm³/mol. The van der Waals surface area contributed by atoms with Crippen molar-refractivity contribution in [1.82, 2.24) is 9.78 Å². The minimum atomic E-state index is -0.356. The summed E-state index contributed by atoms with van der Waals surface area (Å²) >= 11 is 0. The summed E-state index contributed by atoms with van der Waals surface area (Å²) in [5.74, 6) is 1.01. The quantitative estimate of drug-likeness (QED) is 0.336. The van der Waals surface area contributed by atoms with Crippen LogP contribution in [0.25, 0.3) is 0 Å². The maximum Gasteiger partial charge on any atom is 0.157 e. The highest BCUT2D eigenvalue weighted by molar-refractivity contribution is 5.85. The van der Waals surface area contributed by atoms with Gasteiger partial charge in [0.25, 0.3) is 0 Å². The van der Waals surface area contributed by atoms with Gasteiger partial charge in [0.2, 0.25) is 0 Å². The molecule has 1 aromatic rings. The number of oxime groups is 1. The van der Waals surface area contributed by atoms with Gasteiger partial charge in [0, 0.05) is 12.0 Å². The summed E-state index contributed by atoms with van der Waals surface area (Å²) < 4.78 is 7.27. The van der Waals surface area contributed by atoms with Gasteiger partial charge in [-0.3, -0.25) is 4.68 Å². The van der Waals surface area contributed by atoms with E-state index in [1.807, 2.05) is 20.0 Å². The summed E-state index contributed by atoms with van der Waals surface area (Å²) in [5.41, 5.74) is 5.28. The van der Waals surface area contributed by atoms with E-state index in [0.29, 0.717) is 13.2 Å². The fourth-order valence-corrected chi connectivity index (χ4v) is 1.42. The zero-order valence-electron chi connectivity index (χ0n) is 11.3. The van der Waals surface area contributed by atoms with Gasteiger partial charge in [0.15, 0.2) is 5.75 Å². The molecule has 1 heterocycles. The summed E-state index contributed by atoms with van der Waals surface area (Å²) in [5, 5.41) is 16.0. The number of amidine groups is 1. The lowest BCUT2D eigenvalue weighted by atomic mass is 9.88. The number of hydrogen-bond donors (Lipinski definition) is 2. The van der Waals surface area contributed by atoms with Gasteiger partial charge in [0.05, 0.1) is 19.0 Å². The van der Waals surface area contributed by atoms with Crippen molar-refractivity contribution < 1.29 is 9.94 Å². The van der Waals surface area contributed by atoms with Crippen LogP contribution in [0, 0.1) is 5.41 Å². The molecule has 0 amide bonds. The number of aromatic nitrogens is 2. The zero-order chi connectivity index (χ0) is 13.6. The molecule has 102 valence electrons. The van der Waals surface area contributed by atoms with E-state index in [2.05, 4.69) is 17.2 Å². The third-order valence-electron chi connectivity index (χ3n) is 2.85. The predicted octanol–water partition coefficient (Wildman–Crippen LogP) is 1.83. The van der Waals surface area contributed by atoms with Crippen LogP contribution in [0.1, 0.15) is 33.6 Å². The van der Waals surface area contributed by atoms with Crippen LogP contribution in [-0.4, -0.2) is 27.4 Å². The molecule has 6 nitrogen and oxygen atoms in total. The lowest BCUT2D eigenvalue weighted by molar-refractivity contribution is 0.302. The molecule has 0 saturated carbocycles. The Morgan fingerprint density at radius 2 is 2.33 bits per heavy atom. The molecule has 0 bridgehead atoms. The molecule has 0 spiro atoms. The van der Waals surface area contributed by atoms with Gasteiger partial charge in [0.1, 0.15) is 5.84 Å². The van der Waals surface area contributed by atoms with Crippen molar-refractivity contribution in [1.29, 1.82) is 0 Å². The lowest BCUT2D eigenvalue weighted by Gasteiger charge is -2.22. The number of nitrogens with zero attached hydrogens (tertiary/aromatic N) is 3. The first-order valence-electron chi connectivity index (χ1n) is 6.13. The fourth-order valence-electron chi connectivity index (χ4n) is 1.42. The first-order valence-corrected chi connectivity index (χ1v) is 6.13. The van der Waals surface area contributed by atoms with E-state index in [4.69, 9.17) is 15.7 Å². The van der Waals surface area contributed by atoms with Crippen molar-refractivity contribution in [3.05, 3.63) is 12.4 Å². The van der Waals surface area contributed by atoms with E-state index in [0.717, 1.165) is 18.6 Å². The summed E-state index contributed by atoms with van der Waals surface area (Å²) in [7, 11) is 0. The highest BCUT2D eigenvalue weighted by Crippen LogP contribution is 2.21. The summed E-state index contributed by atoms with van der Waals surface area (Å²) in [6.45, 7) is 7.31. The molecule has 0 radical (unpaired) electrons. The van der Waals surface area contributed by atoms with Gasteiger partial charge in [-0.25, -0.2) is 0 Å². The van der Waals surface area contributed by atoms with Gasteiger partial charge in [-0.05, 0) is 12.8 Å². The minimum absolute atomic E-state index is 0.233. The third kappa shape index (κ3) is 3.94. The van der Waals surface area contributed by atoms with E-state index in [1.165, 1.54) is 0 Å². The van der Waals surface area contributed by atoms with Crippen LogP contribution >= 0.6 is 0 Å². The molecule has 0 aliphatic rings. The highest BCUT2D eigenvalue weighted by atomic mass is 16.5. The van der Waals surface area contributed by atoms with Crippen LogP contribution in [0.5, 0.6) is 5.75 Å². The molecule has 6 heteroatoms. The van der Waals surface area contributed by atoms with Crippen LogP contribution < -0.4 is 10.5 Å². The van der Waals surface area contributed by atoms with E-state index < -0.39 is 0 Å². The minimum Gasteiger partial charge on any atom is -0.490 e. The van der Waals surface area contributed by atoms with E-state index in [-0.39, 0.29) is 11.3 Å². The van der Waals surface area contributed by atoms with Crippen molar-refractivity contribution >= 4 is 5.84 Å². The van der Waals surface area contributed by atoms with Crippen LogP contribution in [0.2, 0.25) is 0 Å². The van der Waals surface area contributed by atoms with Gasteiger partial charge >= 0.3 is 0 Å². The summed E-state index contributed by atoms with van der Waals surface area (Å²) in [6, 6.07) is 0. The number of rotatable bonds is 7. The first kappa shape index (κ1) is 14.3. The van der Waals surface area contributed by atoms with Crippen molar-refractivity contribution in [2.45, 2.75) is 40.2 Å². The monoisotopic (exact) mass is 254 g/mol. The maximum atomic E-state index is 8.69. The number of hydrogen-bond acceptors (Lipinski definition) is 4. The molecule has 0 aromatic carbocycles. The van der Waals surface area contributed by atoms with Gasteiger partial charge in [-0.1, -0.05) is 25.9 Å². The molecule has 1 aromatic heterocycles. The smallest absolute Gasteiger partial charge is 0.157 e. The largest absolute Gasteiger partial charge is 0.490 e. The normalized spacial score (nSPS) is 12.7. The molecule has 18 heavy (non-hydrogen) atoms. The Hall–Kier alpha value is -1.72. The van der Waals surface area contributed by atoms with Gasteiger partial charge < -0.3 is 15.7 Å². The van der Waals surface area contributed by atoms with Gasteiger partial charge in [-0.15, -0.1) is 0 Å². The van der Waals surface area contributed by atoms with Crippen LogP contribution in [0.15, 0.2) is 17.5 Å². The first-order chi connectivity index (χ1) is 8.49. The van der Waals surface area contributed by atoms with Crippen LogP contribution in [0.4, 0.5) is 0 Å². The van der Waals surface area contributed by atoms with Crippen LogP contribution in [0.3, 0.4) is 0 Å². The Morgan fingerprint density at radius 1 is 1.61 bits per heavy atom. The Bertz CT molecular complexity index is 399. The second-order valence-corrected chi connectivity index (χ2v) is 4.91. The average molecular weight is 254 g/mol. The van der Waals surface area contributed by atoms with Crippen LogP contribution in [-0.2, 0) is 6.54 Å². The van der Waals surface area contributed by atoms with Crippen molar-refractivity contribution in [2.75, 3.05) is 6.61 Å². The molecule has 0 aliphatic carbocycles. The second-order valence-electron chi connectivity index (χ2n) is 4.91. The molecule has 0 saturated heterocycles. The Morgan fingerprint density at radius 3 is 2.94 bits per heavy atom. The Kier molecular flexibility index (Phi) is 5.00. The van der Waals surface area contributed by atoms with E-state index >= 15 is 0 Å². The highest BCUT2D eigenvalue weighted by Gasteiger charge is 2.23. The van der Waals surface area contributed by atoms with E-state index in [1.54, 1.807) is 10.9 Å². The SMILES string of the molecule is CCCOc1cnn(CCC(C)(C)C(N)=NO)c1. The molecule has 0 aliphatic heterocycles. The standard InChI is InChI=1S/C12H22N4O2/c1-4-7-18-10-8-14-16(9-10)6-5-12(2,3)11(13)15-17/h8-9,17H,4-7H2,1-3H3,(H2,13,15). The van der Waals surface area contributed by atoms with Crippen molar-refractivity contribution in [3.63, 3.8) is 0 Å². The Labute approximate surface area is 107 Å². The molecular formula is C12H22N4O2. The Balaban J connectivity index is 2.51. The number of ether oxygens (including phenoxy) is 1. The molecule has 3 N–H and O–H groups in total. The zero-order valence-corrected chi connectivity index (χ0v) is 11.3. The number of nitrogens with two attached hydrogens (primary N) is 1. The summed E-state index contributed by atoms with van der Waals surface area (Å²) in [4.78, 5) is 0. The maximum absolute atomic E-state index is 8.69. The molecule has 1 rings (SSSR count). The lowest BCUT2D eigenvalue weighted by Crippen LogP contribution is -2.33.